The number of aryl methyl sites for hydroxylation is 1. The Hall–Kier alpha value is -1.40. The van der Waals surface area contributed by atoms with Crippen molar-refractivity contribution >= 4 is 33.2 Å². The van der Waals surface area contributed by atoms with Gasteiger partial charge in [0.25, 0.3) is 0 Å². The van der Waals surface area contributed by atoms with Gasteiger partial charge in [0.1, 0.15) is 18.2 Å². The molecule has 0 aliphatic rings. The lowest BCUT2D eigenvalue weighted by Crippen LogP contribution is -2.00. The summed E-state index contributed by atoms with van der Waals surface area (Å²) in [6.07, 6.45) is 0.758. The first-order chi connectivity index (χ1) is 9.51. The highest BCUT2D eigenvalue weighted by Gasteiger charge is 2.16. The van der Waals surface area contributed by atoms with Crippen molar-refractivity contribution in [3.8, 4) is 5.75 Å². The van der Waals surface area contributed by atoms with Gasteiger partial charge in [-0.2, -0.15) is 0 Å². The number of hydrogen-bond acceptors (Lipinski definition) is 3. The van der Waals surface area contributed by atoms with Crippen molar-refractivity contribution in [3.63, 3.8) is 0 Å². The van der Waals surface area contributed by atoms with Crippen LogP contribution in [0.2, 0.25) is 0 Å². The minimum Gasteiger partial charge on any atom is -0.487 e. The third-order valence-electron chi connectivity index (χ3n) is 2.69. The second-order valence-corrected chi connectivity index (χ2v) is 6.08. The van der Waals surface area contributed by atoms with E-state index in [4.69, 9.17) is 9.84 Å². The van der Waals surface area contributed by atoms with Gasteiger partial charge in [-0.25, -0.2) is 9.18 Å². The second kappa shape index (κ2) is 6.37. The van der Waals surface area contributed by atoms with Crippen molar-refractivity contribution in [2.45, 2.75) is 20.0 Å². The molecular formula is C14H12BrFO3S. The molecule has 0 saturated heterocycles. The van der Waals surface area contributed by atoms with Crippen molar-refractivity contribution in [1.82, 2.24) is 0 Å². The summed E-state index contributed by atoms with van der Waals surface area (Å²) in [7, 11) is 0. The Bertz CT molecular complexity index is 639. The van der Waals surface area contributed by atoms with Crippen LogP contribution in [0.15, 0.2) is 28.7 Å². The van der Waals surface area contributed by atoms with Crippen LogP contribution in [0.1, 0.15) is 27.0 Å². The number of benzene rings is 1. The molecule has 0 saturated carbocycles. The van der Waals surface area contributed by atoms with Crippen molar-refractivity contribution in [1.29, 1.82) is 0 Å². The molecule has 1 N–H and O–H groups in total. The number of halogens is 2. The zero-order valence-electron chi connectivity index (χ0n) is 10.7. The van der Waals surface area contributed by atoms with Gasteiger partial charge in [-0.1, -0.05) is 28.9 Å². The number of rotatable bonds is 5. The molecule has 3 nitrogen and oxygen atoms in total. The topological polar surface area (TPSA) is 46.5 Å². The molecule has 106 valence electrons. The molecule has 6 heteroatoms. The van der Waals surface area contributed by atoms with Gasteiger partial charge < -0.3 is 9.84 Å². The van der Waals surface area contributed by atoms with Crippen LogP contribution in [-0.2, 0) is 13.0 Å². The monoisotopic (exact) mass is 358 g/mol. The van der Waals surface area contributed by atoms with Crippen molar-refractivity contribution < 1.29 is 19.0 Å². The zero-order valence-corrected chi connectivity index (χ0v) is 13.1. The van der Waals surface area contributed by atoms with Crippen molar-refractivity contribution in [3.05, 3.63) is 49.9 Å². The van der Waals surface area contributed by atoms with Crippen molar-refractivity contribution in [2.75, 3.05) is 0 Å². The van der Waals surface area contributed by atoms with Crippen LogP contribution >= 0.6 is 27.3 Å². The molecule has 1 aromatic heterocycles. The minimum atomic E-state index is -0.997. The van der Waals surface area contributed by atoms with E-state index in [0.29, 0.717) is 10.2 Å². The van der Waals surface area contributed by atoms with Crippen LogP contribution in [0.25, 0.3) is 0 Å². The summed E-state index contributed by atoms with van der Waals surface area (Å²) in [5.41, 5.74) is 0.756. The third-order valence-corrected chi connectivity index (χ3v) is 4.68. The van der Waals surface area contributed by atoms with E-state index in [1.54, 1.807) is 12.1 Å². The van der Waals surface area contributed by atoms with Crippen LogP contribution in [0, 0.1) is 5.82 Å². The molecule has 0 amide bonds. The molecule has 2 rings (SSSR count). The Kier molecular flexibility index (Phi) is 4.77. The lowest BCUT2D eigenvalue weighted by Gasteiger charge is -2.07. The van der Waals surface area contributed by atoms with Gasteiger partial charge in [-0.05, 0) is 24.6 Å². The van der Waals surface area contributed by atoms with Gasteiger partial charge in [0.15, 0.2) is 4.88 Å². The lowest BCUT2D eigenvalue weighted by molar-refractivity contribution is 0.0697. The minimum absolute atomic E-state index is 0.182. The first-order valence-corrected chi connectivity index (χ1v) is 7.55. The number of thiophene rings is 1. The van der Waals surface area contributed by atoms with E-state index in [1.165, 1.54) is 23.5 Å². The van der Waals surface area contributed by atoms with Gasteiger partial charge in [0.2, 0.25) is 0 Å². The van der Waals surface area contributed by atoms with Gasteiger partial charge in [-0.15, -0.1) is 11.3 Å². The summed E-state index contributed by atoms with van der Waals surface area (Å²) in [6, 6.07) is 6.03. The number of hydrogen-bond donors (Lipinski definition) is 1. The SMILES string of the molecule is CCc1cc(OCc2ccc(F)cc2Br)c(C(=O)O)s1. The average molecular weight is 359 g/mol. The molecule has 2 aromatic rings. The first-order valence-electron chi connectivity index (χ1n) is 5.94. The van der Waals surface area contributed by atoms with E-state index >= 15 is 0 Å². The van der Waals surface area contributed by atoms with Gasteiger partial charge in [-0.3, -0.25) is 0 Å². The van der Waals surface area contributed by atoms with E-state index in [0.717, 1.165) is 16.9 Å². The maximum absolute atomic E-state index is 13.0. The Morgan fingerprint density at radius 2 is 2.20 bits per heavy atom. The molecule has 0 atom stereocenters. The second-order valence-electron chi connectivity index (χ2n) is 4.09. The highest BCUT2D eigenvalue weighted by Crippen LogP contribution is 2.31. The molecule has 0 unspecified atom stereocenters. The molecule has 0 aliphatic heterocycles. The highest BCUT2D eigenvalue weighted by atomic mass is 79.9. The van der Waals surface area contributed by atoms with Gasteiger partial charge in [0, 0.05) is 14.9 Å². The lowest BCUT2D eigenvalue weighted by atomic mass is 10.2. The summed E-state index contributed by atoms with van der Waals surface area (Å²) in [5, 5.41) is 9.13. The molecule has 0 fully saturated rings. The Morgan fingerprint density at radius 3 is 2.80 bits per heavy atom. The Morgan fingerprint density at radius 1 is 1.45 bits per heavy atom. The summed E-state index contributed by atoms with van der Waals surface area (Å²) in [6.45, 7) is 2.14. The van der Waals surface area contributed by atoms with Gasteiger partial charge >= 0.3 is 5.97 Å². The predicted octanol–water partition coefficient (Wildman–Crippen LogP) is 4.49. The van der Waals surface area contributed by atoms with Crippen LogP contribution in [0.4, 0.5) is 4.39 Å². The molecule has 1 heterocycles. The summed E-state index contributed by atoms with van der Waals surface area (Å²) in [4.78, 5) is 12.3. The third kappa shape index (κ3) is 3.37. The Balaban J connectivity index is 2.18. The fraction of sp³-hybridized carbons (Fsp3) is 0.214. The number of aromatic carboxylic acids is 1. The molecule has 0 bridgehead atoms. The molecule has 0 aliphatic carbocycles. The van der Waals surface area contributed by atoms with Crippen LogP contribution in [-0.4, -0.2) is 11.1 Å². The van der Waals surface area contributed by atoms with Crippen LogP contribution in [0.5, 0.6) is 5.75 Å². The van der Waals surface area contributed by atoms with E-state index in [2.05, 4.69) is 15.9 Å². The van der Waals surface area contributed by atoms with Crippen LogP contribution < -0.4 is 4.74 Å². The number of carboxylic acid groups (broad SMARTS) is 1. The number of ether oxygens (including phenoxy) is 1. The van der Waals surface area contributed by atoms with E-state index < -0.39 is 5.97 Å². The number of carboxylic acids is 1. The number of carbonyl (C=O) groups is 1. The standard InChI is InChI=1S/C14H12BrFO3S/c1-2-10-6-12(13(20-10)14(17)18)19-7-8-3-4-9(16)5-11(8)15/h3-6H,2,7H2,1H3,(H,17,18). The van der Waals surface area contributed by atoms with E-state index in [1.807, 2.05) is 6.92 Å². The average Bonchev–Trinajstić information content (AvgIpc) is 2.81. The fourth-order valence-corrected chi connectivity index (χ4v) is 2.99. The molecule has 1 aromatic carbocycles. The smallest absolute Gasteiger partial charge is 0.349 e. The molecular weight excluding hydrogens is 347 g/mol. The van der Waals surface area contributed by atoms with Crippen molar-refractivity contribution in [2.24, 2.45) is 0 Å². The quantitative estimate of drug-likeness (QED) is 0.856. The fourth-order valence-electron chi connectivity index (χ4n) is 1.65. The maximum Gasteiger partial charge on any atom is 0.349 e. The van der Waals surface area contributed by atoms with E-state index in [9.17, 15) is 9.18 Å². The predicted molar refractivity (Wildman–Crippen MR) is 79.1 cm³/mol. The van der Waals surface area contributed by atoms with E-state index in [-0.39, 0.29) is 17.3 Å². The van der Waals surface area contributed by atoms with Gasteiger partial charge in [0.05, 0.1) is 0 Å². The largest absolute Gasteiger partial charge is 0.487 e. The summed E-state index contributed by atoms with van der Waals surface area (Å²) < 4.78 is 19.1. The Labute approximate surface area is 128 Å². The van der Waals surface area contributed by atoms with Crippen LogP contribution in [0.3, 0.4) is 0 Å². The highest BCUT2D eigenvalue weighted by molar-refractivity contribution is 9.10. The molecule has 0 spiro atoms. The zero-order chi connectivity index (χ0) is 14.7. The summed E-state index contributed by atoms with van der Waals surface area (Å²) >= 11 is 4.47. The molecule has 0 radical (unpaired) electrons. The normalized spacial score (nSPS) is 10.6. The molecule has 20 heavy (non-hydrogen) atoms. The maximum atomic E-state index is 13.0. The summed E-state index contributed by atoms with van der Waals surface area (Å²) in [5.74, 6) is -0.978. The first kappa shape index (κ1) is 15.0.